The third-order valence-electron chi connectivity index (χ3n) is 2.74. The highest BCUT2D eigenvalue weighted by atomic mass is 32.1. The molecular weight excluding hydrogens is 232 g/mol. The van der Waals surface area contributed by atoms with Gasteiger partial charge in [-0.2, -0.15) is 0 Å². The van der Waals surface area contributed by atoms with E-state index >= 15 is 0 Å². The number of anilines is 1. The Balaban J connectivity index is 2.18. The number of aliphatic hydroxyl groups is 1. The van der Waals surface area contributed by atoms with Crippen LogP contribution in [-0.2, 0) is 6.61 Å². The van der Waals surface area contributed by atoms with Gasteiger partial charge in [0.05, 0.1) is 23.9 Å². The molecule has 1 aromatic carbocycles. The molecule has 1 heterocycles. The summed E-state index contributed by atoms with van der Waals surface area (Å²) in [6.45, 7) is 4.17. The summed E-state index contributed by atoms with van der Waals surface area (Å²) in [5, 5.41) is 12.7. The van der Waals surface area contributed by atoms with Crippen LogP contribution < -0.4 is 5.32 Å². The van der Waals surface area contributed by atoms with Crippen molar-refractivity contribution in [2.75, 3.05) is 5.32 Å². The van der Waals surface area contributed by atoms with Gasteiger partial charge in [0.2, 0.25) is 0 Å². The normalized spacial score (nSPS) is 12.4. The maximum absolute atomic E-state index is 9.27. The first-order chi connectivity index (χ1) is 8.22. The highest BCUT2D eigenvalue weighted by molar-refractivity contribution is 7.09. The number of hydrogen-bond acceptors (Lipinski definition) is 4. The van der Waals surface area contributed by atoms with Crippen LogP contribution in [-0.4, -0.2) is 10.1 Å². The van der Waals surface area contributed by atoms with Crippen LogP contribution in [0, 0.1) is 6.92 Å². The van der Waals surface area contributed by atoms with Crippen molar-refractivity contribution in [2.45, 2.75) is 26.5 Å². The molecule has 0 saturated heterocycles. The van der Waals surface area contributed by atoms with E-state index in [1.807, 2.05) is 36.7 Å². The minimum Gasteiger partial charge on any atom is -0.392 e. The number of nitrogens with one attached hydrogen (secondary N) is 1. The highest BCUT2D eigenvalue weighted by Crippen LogP contribution is 2.26. The molecule has 2 aromatic rings. The monoisotopic (exact) mass is 248 g/mol. The van der Waals surface area contributed by atoms with E-state index in [1.54, 1.807) is 11.3 Å². The van der Waals surface area contributed by atoms with Gasteiger partial charge in [0.15, 0.2) is 0 Å². The number of aromatic nitrogens is 1. The second-order valence-electron chi connectivity index (χ2n) is 3.98. The Bertz CT molecular complexity index is 496. The van der Waals surface area contributed by atoms with Crippen molar-refractivity contribution >= 4 is 17.0 Å². The summed E-state index contributed by atoms with van der Waals surface area (Å²) in [6, 6.07) is 8.01. The molecule has 17 heavy (non-hydrogen) atoms. The van der Waals surface area contributed by atoms with Crippen LogP contribution in [0.15, 0.2) is 29.8 Å². The second kappa shape index (κ2) is 5.29. The lowest BCUT2D eigenvalue weighted by atomic mass is 10.1. The Morgan fingerprint density at radius 2 is 2.18 bits per heavy atom. The molecule has 1 atom stereocenters. The van der Waals surface area contributed by atoms with Gasteiger partial charge in [-0.25, -0.2) is 4.98 Å². The molecule has 0 aliphatic heterocycles. The summed E-state index contributed by atoms with van der Waals surface area (Å²) in [4.78, 5) is 5.49. The van der Waals surface area contributed by atoms with E-state index in [0.29, 0.717) is 0 Å². The van der Waals surface area contributed by atoms with E-state index in [2.05, 4.69) is 17.2 Å². The van der Waals surface area contributed by atoms with Crippen LogP contribution >= 0.6 is 11.3 Å². The number of aryl methyl sites for hydroxylation is 1. The maximum Gasteiger partial charge on any atom is 0.0798 e. The van der Waals surface area contributed by atoms with Crippen molar-refractivity contribution in [3.63, 3.8) is 0 Å². The predicted octanol–water partition coefficient (Wildman–Crippen LogP) is 3.12. The minimum absolute atomic E-state index is 0.0531. The van der Waals surface area contributed by atoms with Gasteiger partial charge < -0.3 is 10.4 Å². The fourth-order valence-electron chi connectivity index (χ4n) is 1.82. The van der Waals surface area contributed by atoms with E-state index in [-0.39, 0.29) is 12.6 Å². The van der Waals surface area contributed by atoms with Gasteiger partial charge in [0.1, 0.15) is 0 Å². The van der Waals surface area contributed by atoms with Crippen LogP contribution in [0.4, 0.5) is 5.69 Å². The van der Waals surface area contributed by atoms with Gasteiger partial charge in [-0.05, 0) is 19.9 Å². The SMILES string of the molecule is Cc1ncsc1C(C)Nc1ccccc1CO. The molecule has 90 valence electrons. The maximum atomic E-state index is 9.27. The molecule has 3 nitrogen and oxygen atoms in total. The second-order valence-corrected chi connectivity index (χ2v) is 4.87. The van der Waals surface area contributed by atoms with Crippen molar-refractivity contribution in [1.82, 2.24) is 4.98 Å². The quantitative estimate of drug-likeness (QED) is 0.873. The number of nitrogens with zero attached hydrogens (tertiary/aromatic N) is 1. The molecule has 4 heteroatoms. The molecule has 0 aliphatic carbocycles. The fourth-order valence-corrected chi connectivity index (χ4v) is 2.63. The number of hydrogen-bond donors (Lipinski definition) is 2. The lowest BCUT2D eigenvalue weighted by molar-refractivity contribution is 0.282. The largest absolute Gasteiger partial charge is 0.392 e. The molecule has 0 saturated carbocycles. The van der Waals surface area contributed by atoms with Gasteiger partial charge in [0.25, 0.3) is 0 Å². The number of benzene rings is 1. The van der Waals surface area contributed by atoms with Crippen LogP contribution in [0.5, 0.6) is 0 Å². The standard InChI is InChI=1S/C13H16N2OS/c1-9-13(17-8-14-9)10(2)15-12-6-4-3-5-11(12)7-16/h3-6,8,10,15-16H,7H2,1-2H3. The van der Waals surface area contributed by atoms with Crippen molar-refractivity contribution in [1.29, 1.82) is 0 Å². The summed E-state index contributed by atoms with van der Waals surface area (Å²) in [6.07, 6.45) is 0. The molecule has 0 bridgehead atoms. The first-order valence-corrected chi connectivity index (χ1v) is 6.45. The van der Waals surface area contributed by atoms with Crippen LogP contribution in [0.1, 0.15) is 29.1 Å². The van der Waals surface area contributed by atoms with Crippen LogP contribution in [0.3, 0.4) is 0 Å². The zero-order valence-electron chi connectivity index (χ0n) is 9.97. The molecule has 1 unspecified atom stereocenters. The summed E-state index contributed by atoms with van der Waals surface area (Å²) in [7, 11) is 0. The summed E-state index contributed by atoms with van der Waals surface area (Å²) in [5.74, 6) is 0. The first kappa shape index (κ1) is 12.1. The van der Waals surface area contributed by atoms with E-state index in [0.717, 1.165) is 16.9 Å². The summed E-state index contributed by atoms with van der Waals surface area (Å²) >= 11 is 1.65. The Kier molecular flexibility index (Phi) is 3.76. The molecule has 0 amide bonds. The van der Waals surface area contributed by atoms with Gasteiger partial charge in [0, 0.05) is 16.1 Å². The van der Waals surface area contributed by atoms with Gasteiger partial charge in [-0.15, -0.1) is 11.3 Å². The minimum atomic E-state index is 0.0531. The summed E-state index contributed by atoms with van der Waals surface area (Å²) in [5.41, 5.74) is 4.83. The Hall–Kier alpha value is -1.39. The van der Waals surface area contributed by atoms with Gasteiger partial charge in [-0.3, -0.25) is 0 Å². The smallest absolute Gasteiger partial charge is 0.0798 e. The lowest BCUT2D eigenvalue weighted by Gasteiger charge is -2.16. The molecule has 2 rings (SSSR count). The molecule has 0 aliphatic rings. The van der Waals surface area contributed by atoms with Gasteiger partial charge >= 0.3 is 0 Å². The van der Waals surface area contributed by atoms with Crippen molar-refractivity contribution in [3.8, 4) is 0 Å². The van der Waals surface area contributed by atoms with Gasteiger partial charge in [-0.1, -0.05) is 18.2 Å². The summed E-state index contributed by atoms with van der Waals surface area (Å²) < 4.78 is 0. The van der Waals surface area contributed by atoms with E-state index in [9.17, 15) is 5.11 Å². The van der Waals surface area contributed by atoms with E-state index in [4.69, 9.17) is 0 Å². The zero-order chi connectivity index (χ0) is 12.3. The van der Waals surface area contributed by atoms with Crippen LogP contribution in [0.25, 0.3) is 0 Å². The predicted molar refractivity (Wildman–Crippen MR) is 71.3 cm³/mol. The molecule has 2 N–H and O–H groups in total. The topological polar surface area (TPSA) is 45.2 Å². The Morgan fingerprint density at radius 3 is 2.82 bits per heavy atom. The van der Waals surface area contributed by atoms with E-state index in [1.165, 1.54) is 4.88 Å². The number of aliphatic hydroxyl groups excluding tert-OH is 1. The highest BCUT2D eigenvalue weighted by Gasteiger charge is 2.11. The van der Waals surface area contributed by atoms with Crippen molar-refractivity contribution in [3.05, 3.63) is 45.9 Å². The number of para-hydroxylation sites is 1. The average Bonchev–Trinajstić information content (AvgIpc) is 2.76. The first-order valence-electron chi connectivity index (χ1n) is 5.57. The molecule has 0 radical (unpaired) electrons. The Labute approximate surface area is 105 Å². The number of thiazole rings is 1. The number of rotatable bonds is 4. The van der Waals surface area contributed by atoms with Crippen molar-refractivity contribution in [2.24, 2.45) is 0 Å². The fraction of sp³-hybridized carbons (Fsp3) is 0.308. The molecule has 0 fully saturated rings. The van der Waals surface area contributed by atoms with Crippen molar-refractivity contribution < 1.29 is 5.11 Å². The lowest BCUT2D eigenvalue weighted by Crippen LogP contribution is -2.08. The van der Waals surface area contributed by atoms with Crippen LogP contribution in [0.2, 0.25) is 0 Å². The zero-order valence-corrected chi connectivity index (χ0v) is 10.8. The Morgan fingerprint density at radius 1 is 1.41 bits per heavy atom. The molecule has 0 spiro atoms. The molecule has 1 aromatic heterocycles. The third-order valence-corrected chi connectivity index (χ3v) is 3.85. The third kappa shape index (κ3) is 2.65. The average molecular weight is 248 g/mol. The van der Waals surface area contributed by atoms with E-state index < -0.39 is 0 Å². The molecular formula is C13H16N2OS.